The highest BCUT2D eigenvalue weighted by Gasteiger charge is 2.24. The molecule has 2 nitrogen and oxygen atoms in total. The summed E-state index contributed by atoms with van der Waals surface area (Å²) in [6.07, 6.45) is 4.90. The zero-order valence-corrected chi connectivity index (χ0v) is 10.3. The second-order valence-corrected chi connectivity index (χ2v) is 4.62. The molecule has 1 N–H and O–H groups in total. The molecular weight excluding hydrogens is 217 g/mol. The lowest BCUT2D eigenvalue weighted by Crippen LogP contribution is -2.41. The van der Waals surface area contributed by atoms with E-state index in [1.54, 1.807) is 12.1 Å². The molecule has 0 spiro atoms. The summed E-state index contributed by atoms with van der Waals surface area (Å²) in [5.74, 6) is -0.177. The van der Waals surface area contributed by atoms with E-state index in [1.807, 2.05) is 13.1 Å². The first-order valence-corrected chi connectivity index (χ1v) is 6.33. The highest BCUT2D eigenvalue weighted by molar-refractivity contribution is 5.16. The van der Waals surface area contributed by atoms with Gasteiger partial charge < -0.3 is 10.1 Å². The summed E-state index contributed by atoms with van der Waals surface area (Å²) in [6.45, 7) is 0.371. The number of ether oxygens (including phenoxy) is 1. The van der Waals surface area contributed by atoms with E-state index in [9.17, 15) is 4.39 Å². The summed E-state index contributed by atoms with van der Waals surface area (Å²) in [5.41, 5.74) is 0.646. The van der Waals surface area contributed by atoms with Crippen molar-refractivity contribution in [1.29, 1.82) is 0 Å². The monoisotopic (exact) mass is 237 g/mol. The highest BCUT2D eigenvalue weighted by Crippen LogP contribution is 2.22. The maximum absolute atomic E-state index is 13.4. The second kappa shape index (κ2) is 6.12. The van der Waals surface area contributed by atoms with Crippen LogP contribution in [0, 0.1) is 5.82 Å². The number of nitrogens with one attached hydrogen (secondary N) is 1. The quantitative estimate of drug-likeness (QED) is 0.869. The van der Waals surface area contributed by atoms with Crippen molar-refractivity contribution in [3.63, 3.8) is 0 Å². The minimum atomic E-state index is -0.177. The van der Waals surface area contributed by atoms with Gasteiger partial charge >= 0.3 is 0 Å². The Kier molecular flexibility index (Phi) is 4.51. The fraction of sp³-hybridized carbons (Fsp3) is 0.571. The summed E-state index contributed by atoms with van der Waals surface area (Å²) >= 11 is 0. The standard InChI is InChI=1S/C14H20FNO/c1-16-13-8-4-5-9-14(13)17-10-11-6-2-3-7-12(11)15/h2-3,6-7,13-14,16H,4-5,8-10H2,1H3. The Morgan fingerprint density at radius 3 is 2.82 bits per heavy atom. The lowest BCUT2D eigenvalue weighted by Gasteiger charge is -2.31. The van der Waals surface area contributed by atoms with Crippen molar-refractivity contribution in [3.8, 4) is 0 Å². The molecule has 94 valence electrons. The van der Waals surface area contributed by atoms with Gasteiger partial charge in [0.1, 0.15) is 5.82 Å². The van der Waals surface area contributed by atoms with Gasteiger partial charge in [-0.05, 0) is 26.0 Å². The molecule has 1 aromatic carbocycles. The zero-order chi connectivity index (χ0) is 12.1. The Morgan fingerprint density at radius 2 is 2.06 bits per heavy atom. The van der Waals surface area contributed by atoms with Crippen LogP contribution in [-0.2, 0) is 11.3 Å². The molecule has 0 bridgehead atoms. The van der Waals surface area contributed by atoms with E-state index in [4.69, 9.17) is 4.74 Å². The Bertz CT molecular complexity index is 356. The normalized spacial score (nSPS) is 24.8. The van der Waals surface area contributed by atoms with E-state index in [0.717, 1.165) is 12.8 Å². The van der Waals surface area contributed by atoms with Crippen LogP contribution in [0.15, 0.2) is 24.3 Å². The number of halogens is 1. The van der Waals surface area contributed by atoms with Gasteiger partial charge in [0, 0.05) is 11.6 Å². The predicted octanol–water partition coefficient (Wildman–Crippen LogP) is 2.87. The van der Waals surface area contributed by atoms with E-state index >= 15 is 0 Å². The molecule has 0 aliphatic heterocycles. The highest BCUT2D eigenvalue weighted by atomic mass is 19.1. The van der Waals surface area contributed by atoms with Crippen molar-refractivity contribution >= 4 is 0 Å². The van der Waals surface area contributed by atoms with Crippen LogP contribution < -0.4 is 5.32 Å². The summed E-state index contributed by atoms with van der Waals surface area (Å²) in [6, 6.07) is 7.23. The summed E-state index contributed by atoms with van der Waals surface area (Å²) in [4.78, 5) is 0. The molecular formula is C14H20FNO. The van der Waals surface area contributed by atoms with E-state index in [0.29, 0.717) is 18.2 Å². The first-order valence-electron chi connectivity index (χ1n) is 6.33. The number of hydrogen-bond donors (Lipinski definition) is 1. The maximum Gasteiger partial charge on any atom is 0.128 e. The molecule has 2 unspecified atom stereocenters. The Hall–Kier alpha value is -0.930. The lowest BCUT2D eigenvalue weighted by atomic mass is 9.92. The lowest BCUT2D eigenvalue weighted by molar-refractivity contribution is -0.00469. The van der Waals surface area contributed by atoms with Crippen molar-refractivity contribution in [3.05, 3.63) is 35.6 Å². The topological polar surface area (TPSA) is 21.3 Å². The van der Waals surface area contributed by atoms with Crippen LogP contribution >= 0.6 is 0 Å². The third-order valence-electron chi connectivity index (χ3n) is 3.48. The van der Waals surface area contributed by atoms with Gasteiger partial charge in [0.15, 0.2) is 0 Å². The third-order valence-corrected chi connectivity index (χ3v) is 3.48. The average molecular weight is 237 g/mol. The first-order chi connectivity index (χ1) is 8.31. The van der Waals surface area contributed by atoms with Gasteiger partial charge in [0.25, 0.3) is 0 Å². The smallest absolute Gasteiger partial charge is 0.128 e. The van der Waals surface area contributed by atoms with Crippen LogP contribution in [0.5, 0.6) is 0 Å². The number of likely N-dealkylation sites (N-methyl/N-ethyl adjacent to an activating group) is 1. The van der Waals surface area contributed by atoms with Gasteiger partial charge in [0.2, 0.25) is 0 Å². The fourth-order valence-corrected chi connectivity index (χ4v) is 2.44. The first kappa shape index (κ1) is 12.5. The van der Waals surface area contributed by atoms with Crippen molar-refractivity contribution < 1.29 is 9.13 Å². The molecule has 2 rings (SSSR count). The van der Waals surface area contributed by atoms with Crippen LogP contribution in [0.2, 0.25) is 0 Å². The van der Waals surface area contributed by atoms with Gasteiger partial charge in [-0.25, -0.2) is 4.39 Å². The summed E-state index contributed by atoms with van der Waals surface area (Å²) < 4.78 is 19.3. The van der Waals surface area contributed by atoms with Crippen LogP contribution in [0.1, 0.15) is 31.2 Å². The van der Waals surface area contributed by atoms with Crippen LogP contribution in [0.3, 0.4) is 0 Å². The molecule has 0 radical (unpaired) electrons. The Morgan fingerprint density at radius 1 is 1.29 bits per heavy atom. The van der Waals surface area contributed by atoms with Crippen molar-refractivity contribution in [2.75, 3.05) is 7.05 Å². The number of rotatable bonds is 4. The number of hydrogen-bond acceptors (Lipinski definition) is 2. The molecule has 17 heavy (non-hydrogen) atoms. The molecule has 1 saturated carbocycles. The van der Waals surface area contributed by atoms with Gasteiger partial charge in [-0.3, -0.25) is 0 Å². The van der Waals surface area contributed by atoms with Gasteiger partial charge in [0.05, 0.1) is 12.7 Å². The van der Waals surface area contributed by atoms with Crippen LogP contribution in [0.4, 0.5) is 4.39 Å². The van der Waals surface area contributed by atoms with Crippen LogP contribution in [-0.4, -0.2) is 19.2 Å². The van der Waals surface area contributed by atoms with Gasteiger partial charge in [-0.2, -0.15) is 0 Å². The van der Waals surface area contributed by atoms with Crippen molar-refractivity contribution in [1.82, 2.24) is 5.32 Å². The molecule has 3 heteroatoms. The zero-order valence-electron chi connectivity index (χ0n) is 10.3. The van der Waals surface area contributed by atoms with E-state index in [1.165, 1.54) is 18.9 Å². The molecule has 1 aliphatic carbocycles. The van der Waals surface area contributed by atoms with Crippen molar-refractivity contribution in [2.24, 2.45) is 0 Å². The molecule has 0 amide bonds. The minimum Gasteiger partial charge on any atom is -0.372 e. The average Bonchev–Trinajstić information content (AvgIpc) is 2.38. The van der Waals surface area contributed by atoms with Crippen molar-refractivity contribution in [2.45, 2.75) is 44.4 Å². The Balaban J connectivity index is 1.90. The van der Waals surface area contributed by atoms with Crippen LogP contribution in [0.25, 0.3) is 0 Å². The van der Waals surface area contributed by atoms with E-state index in [-0.39, 0.29) is 11.9 Å². The molecule has 1 fully saturated rings. The van der Waals surface area contributed by atoms with Gasteiger partial charge in [-0.15, -0.1) is 0 Å². The number of benzene rings is 1. The fourth-order valence-electron chi connectivity index (χ4n) is 2.44. The largest absolute Gasteiger partial charge is 0.372 e. The molecule has 2 atom stereocenters. The third kappa shape index (κ3) is 3.27. The summed E-state index contributed by atoms with van der Waals surface area (Å²) in [7, 11) is 1.97. The molecule has 0 heterocycles. The Labute approximate surface area is 102 Å². The van der Waals surface area contributed by atoms with Gasteiger partial charge in [-0.1, -0.05) is 31.0 Å². The van der Waals surface area contributed by atoms with E-state index in [2.05, 4.69) is 5.32 Å². The van der Waals surface area contributed by atoms with E-state index < -0.39 is 0 Å². The minimum absolute atomic E-state index is 0.177. The molecule has 1 aromatic rings. The maximum atomic E-state index is 13.4. The second-order valence-electron chi connectivity index (χ2n) is 4.62. The summed E-state index contributed by atoms with van der Waals surface area (Å²) in [5, 5.41) is 3.29. The molecule has 0 saturated heterocycles. The predicted molar refractivity (Wildman–Crippen MR) is 66.3 cm³/mol. The molecule has 0 aromatic heterocycles. The molecule has 1 aliphatic rings. The SMILES string of the molecule is CNC1CCCCC1OCc1ccccc1F.